The summed E-state index contributed by atoms with van der Waals surface area (Å²) in [6.45, 7) is 1.12. The van der Waals surface area contributed by atoms with E-state index in [9.17, 15) is 40.0 Å². The molecule has 262 valence electrons. The molecule has 1 heterocycles. The molecule has 0 N–H and O–H groups in total. The Hall–Kier alpha value is -4.11. The molecule has 3 aromatic rings. The summed E-state index contributed by atoms with van der Waals surface area (Å²) in [6, 6.07) is 14.3. The number of halogens is 6. The molecule has 0 unspecified atom stereocenters. The van der Waals surface area contributed by atoms with E-state index in [1.165, 1.54) is 30.3 Å². The van der Waals surface area contributed by atoms with E-state index in [-0.39, 0.29) is 54.7 Å². The van der Waals surface area contributed by atoms with E-state index in [4.69, 9.17) is 4.74 Å². The first kappa shape index (κ1) is 34.7. The van der Waals surface area contributed by atoms with Crippen LogP contribution in [0.3, 0.4) is 0 Å². The number of sulfonamides is 1. The van der Waals surface area contributed by atoms with Crippen LogP contribution < -0.4 is 4.74 Å². The van der Waals surface area contributed by atoms with Gasteiger partial charge in [0.2, 0.25) is 0 Å². The van der Waals surface area contributed by atoms with E-state index >= 15 is 4.39 Å². The van der Waals surface area contributed by atoms with Crippen molar-refractivity contribution in [2.75, 3.05) is 19.7 Å². The highest BCUT2D eigenvalue weighted by atomic mass is 32.2. The Bertz CT molecular complexity index is 1760. The molecular weight excluding hydrogens is 678 g/mol. The average Bonchev–Trinajstić information content (AvgIpc) is 3.98. The smallest absolute Gasteiger partial charge is 0.490 e. The minimum atomic E-state index is -5.62. The highest BCUT2D eigenvalue weighted by Gasteiger charge is 2.50. The van der Waals surface area contributed by atoms with Crippen LogP contribution in [0, 0.1) is 23.4 Å². The maximum absolute atomic E-state index is 15.9. The van der Waals surface area contributed by atoms with Crippen LogP contribution in [0.5, 0.6) is 5.75 Å². The number of nitrogens with zero attached hydrogens (tertiary/aromatic N) is 2. The van der Waals surface area contributed by atoms with Gasteiger partial charge in [0.1, 0.15) is 11.6 Å². The van der Waals surface area contributed by atoms with Crippen LogP contribution in [-0.2, 0) is 19.7 Å². The van der Waals surface area contributed by atoms with Gasteiger partial charge >= 0.3 is 18.1 Å². The standard InChI is InChI=1S/C34H32F6N2O6S/c35-25-7-3-22(4-8-25)31(23-5-9-26(36)10-6-23)41-15-13-20(14-16-41)19-47-29-18-24(21-1-2-21)17-28(30(29)37)32(43)42(48-33(44)34(38,39)40)49(45,46)27-11-12-27/h3-10,17-18,20-21,27,31H,1-2,11-16,19H2. The molecule has 1 aliphatic heterocycles. The molecule has 8 nitrogen and oxygen atoms in total. The second-order valence-corrected chi connectivity index (χ2v) is 14.6. The molecule has 1 amide bonds. The van der Waals surface area contributed by atoms with Crippen molar-refractivity contribution in [1.82, 2.24) is 9.37 Å². The predicted molar refractivity (Wildman–Crippen MR) is 163 cm³/mol. The molecule has 0 spiro atoms. The third-order valence-corrected chi connectivity index (χ3v) is 11.0. The van der Waals surface area contributed by atoms with Gasteiger partial charge in [-0.05, 0) is 117 Å². The predicted octanol–water partition coefficient (Wildman–Crippen LogP) is 6.82. The summed E-state index contributed by atoms with van der Waals surface area (Å²) in [4.78, 5) is 31.2. The number of piperidine rings is 1. The maximum Gasteiger partial charge on any atom is 0.493 e. The molecular formula is C34H32F6N2O6S. The van der Waals surface area contributed by atoms with Gasteiger partial charge < -0.3 is 9.57 Å². The third kappa shape index (κ3) is 7.88. The monoisotopic (exact) mass is 710 g/mol. The first-order chi connectivity index (χ1) is 23.2. The SMILES string of the molecule is O=C(c1cc(C2CC2)cc(OCC2CCN(C(c3ccc(F)cc3)c3ccc(F)cc3)CC2)c1F)N(OC(=O)C(F)(F)F)S(=O)(=O)C1CC1. The number of ether oxygens (including phenoxy) is 1. The number of likely N-dealkylation sites (tertiary alicyclic amines) is 1. The Kier molecular flexibility index (Phi) is 9.68. The molecule has 3 aliphatic rings. The average molecular weight is 711 g/mol. The Morgan fingerprint density at radius 1 is 0.837 bits per heavy atom. The lowest BCUT2D eigenvalue weighted by molar-refractivity contribution is -0.217. The van der Waals surface area contributed by atoms with E-state index in [0.717, 1.165) is 17.2 Å². The lowest BCUT2D eigenvalue weighted by Crippen LogP contribution is -2.44. The van der Waals surface area contributed by atoms with Crippen LogP contribution in [0.4, 0.5) is 26.3 Å². The molecule has 0 aromatic heterocycles. The zero-order chi connectivity index (χ0) is 35.1. The second-order valence-electron chi connectivity index (χ2n) is 12.6. The van der Waals surface area contributed by atoms with Gasteiger partial charge in [0.15, 0.2) is 11.6 Å². The van der Waals surface area contributed by atoms with Crippen molar-refractivity contribution in [2.24, 2.45) is 5.92 Å². The molecule has 49 heavy (non-hydrogen) atoms. The van der Waals surface area contributed by atoms with Crippen LogP contribution in [0.1, 0.15) is 77.5 Å². The van der Waals surface area contributed by atoms with Crippen LogP contribution in [0.2, 0.25) is 0 Å². The van der Waals surface area contributed by atoms with Crippen molar-refractivity contribution < 1.29 is 53.9 Å². The molecule has 0 bridgehead atoms. The minimum Gasteiger partial charge on any atom is -0.490 e. The highest BCUT2D eigenvalue weighted by Crippen LogP contribution is 2.43. The Morgan fingerprint density at radius 3 is 1.88 bits per heavy atom. The Balaban J connectivity index is 1.19. The first-order valence-corrected chi connectivity index (χ1v) is 17.3. The fourth-order valence-electron chi connectivity index (χ4n) is 5.96. The van der Waals surface area contributed by atoms with E-state index in [2.05, 4.69) is 9.74 Å². The fourth-order valence-corrected chi connectivity index (χ4v) is 7.46. The molecule has 2 saturated carbocycles. The van der Waals surface area contributed by atoms with Gasteiger partial charge in [-0.1, -0.05) is 28.7 Å². The van der Waals surface area contributed by atoms with Crippen molar-refractivity contribution in [2.45, 2.75) is 61.9 Å². The molecule has 6 rings (SSSR count). The number of alkyl halides is 3. The maximum atomic E-state index is 15.9. The molecule has 2 aliphatic carbocycles. The summed E-state index contributed by atoms with van der Waals surface area (Å²) in [6.07, 6.45) is -3.00. The van der Waals surface area contributed by atoms with E-state index in [1.54, 1.807) is 24.3 Å². The van der Waals surface area contributed by atoms with Crippen molar-refractivity contribution in [1.29, 1.82) is 0 Å². The van der Waals surface area contributed by atoms with Gasteiger partial charge in [0, 0.05) is 0 Å². The minimum absolute atomic E-state index is 0.0113. The van der Waals surface area contributed by atoms with E-state index in [0.29, 0.717) is 44.3 Å². The summed E-state index contributed by atoms with van der Waals surface area (Å²) in [5, 5.41) is -1.25. The molecule has 15 heteroatoms. The second kappa shape index (κ2) is 13.7. The topological polar surface area (TPSA) is 93.2 Å². The number of hydrogen-bond acceptors (Lipinski definition) is 7. The number of amides is 1. The van der Waals surface area contributed by atoms with Crippen molar-refractivity contribution in [3.63, 3.8) is 0 Å². The Labute approximate surface area is 278 Å². The Morgan fingerprint density at radius 2 is 1.39 bits per heavy atom. The number of rotatable bonds is 10. The van der Waals surface area contributed by atoms with Crippen LogP contribution in [-0.4, -0.2) is 60.8 Å². The van der Waals surface area contributed by atoms with Gasteiger partial charge in [-0.25, -0.2) is 26.4 Å². The number of carbonyl (C=O) groups excluding carboxylic acids is 2. The first-order valence-electron chi connectivity index (χ1n) is 15.8. The van der Waals surface area contributed by atoms with Gasteiger partial charge in [-0.15, -0.1) is 0 Å². The molecule has 1 saturated heterocycles. The van der Waals surface area contributed by atoms with Crippen LogP contribution in [0.15, 0.2) is 60.7 Å². The fraction of sp³-hybridized carbons (Fsp3) is 0.412. The normalized spacial score (nSPS) is 17.6. The number of carbonyl (C=O) groups is 2. The van der Waals surface area contributed by atoms with E-state index in [1.807, 2.05) is 0 Å². The molecule has 3 fully saturated rings. The molecule has 3 aromatic carbocycles. The molecule has 0 atom stereocenters. The van der Waals surface area contributed by atoms with Gasteiger partial charge in [0.05, 0.1) is 23.5 Å². The van der Waals surface area contributed by atoms with Crippen molar-refractivity contribution in [3.8, 4) is 5.75 Å². The summed E-state index contributed by atoms with van der Waals surface area (Å²) in [5.74, 6) is -7.34. The largest absolute Gasteiger partial charge is 0.493 e. The van der Waals surface area contributed by atoms with Crippen LogP contribution in [0.25, 0.3) is 0 Å². The summed E-state index contributed by atoms with van der Waals surface area (Å²) >= 11 is 0. The number of benzene rings is 3. The van der Waals surface area contributed by atoms with Gasteiger partial charge in [0.25, 0.3) is 10.0 Å². The van der Waals surface area contributed by atoms with E-state index < -0.39 is 49.2 Å². The summed E-state index contributed by atoms with van der Waals surface area (Å²) in [5.41, 5.74) is 1.17. The summed E-state index contributed by atoms with van der Waals surface area (Å²) < 4.78 is 113. The zero-order valence-corrected chi connectivity index (χ0v) is 26.8. The van der Waals surface area contributed by atoms with Gasteiger partial charge in [-0.2, -0.15) is 13.2 Å². The van der Waals surface area contributed by atoms with Crippen LogP contribution >= 0.6 is 0 Å². The summed E-state index contributed by atoms with van der Waals surface area (Å²) in [7, 11) is -4.87. The lowest BCUT2D eigenvalue weighted by atomic mass is 9.91. The van der Waals surface area contributed by atoms with Crippen molar-refractivity contribution in [3.05, 3.63) is 100 Å². The zero-order valence-electron chi connectivity index (χ0n) is 26.0. The number of hydrogen-bond donors (Lipinski definition) is 0. The molecule has 0 radical (unpaired) electrons. The third-order valence-electron chi connectivity index (χ3n) is 8.94. The highest BCUT2D eigenvalue weighted by molar-refractivity contribution is 7.90. The van der Waals surface area contributed by atoms with Gasteiger partial charge in [-0.3, -0.25) is 9.69 Å². The quantitative estimate of drug-likeness (QED) is 0.169. The number of hydroxylamine groups is 1. The van der Waals surface area contributed by atoms with Crippen molar-refractivity contribution >= 4 is 21.9 Å². The lowest BCUT2D eigenvalue weighted by Gasteiger charge is -2.38.